The van der Waals surface area contributed by atoms with Gasteiger partial charge in [-0.05, 0) is 44.5 Å². The molecule has 0 aliphatic carbocycles. The number of fused-ring (bicyclic) bond motifs is 1. The number of phenolic OH excluding ortho intramolecular Hbond substituents is 1. The van der Waals surface area contributed by atoms with Crippen molar-refractivity contribution >= 4 is 39.9 Å². The van der Waals surface area contributed by atoms with E-state index in [1.54, 1.807) is 12.1 Å². The summed E-state index contributed by atoms with van der Waals surface area (Å²) in [6.45, 7) is 0. The molecule has 4 heteroatoms. The normalized spacial score (nSPS) is 11.5. The lowest BCUT2D eigenvalue weighted by molar-refractivity contribution is 0.475. The summed E-state index contributed by atoms with van der Waals surface area (Å²) in [5.41, 5.74) is 5.02. The minimum absolute atomic E-state index is 0.234. The van der Waals surface area contributed by atoms with Crippen LogP contribution in [0, 0.1) is 0 Å². The van der Waals surface area contributed by atoms with Gasteiger partial charge in [-0.2, -0.15) is 0 Å². The Labute approximate surface area is 240 Å². The lowest BCUT2D eigenvalue weighted by Crippen LogP contribution is -2.74. The Hall–Kier alpha value is -5.19. The van der Waals surface area contributed by atoms with Gasteiger partial charge < -0.3 is 5.11 Å². The van der Waals surface area contributed by atoms with Crippen LogP contribution in [0.3, 0.4) is 0 Å². The average molecular weight is 545 g/mol. The third kappa shape index (κ3) is 4.26. The van der Waals surface area contributed by atoms with Crippen molar-refractivity contribution in [3.05, 3.63) is 164 Å². The van der Waals surface area contributed by atoms with Crippen LogP contribution in [0.4, 0.5) is 0 Å². The molecule has 1 heterocycles. The first kappa shape index (κ1) is 24.8. The molecule has 0 spiro atoms. The van der Waals surface area contributed by atoms with Crippen LogP contribution in [-0.2, 0) is 0 Å². The maximum atomic E-state index is 10.1. The van der Waals surface area contributed by atoms with Gasteiger partial charge in [0.15, 0.2) is 8.07 Å². The number of benzene rings is 6. The minimum atomic E-state index is -2.64. The predicted octanol–water partition coefficient (Wildman–Crippen LogP) is 5.78. The number of hydrogen-bond acceptors (Lipinski definition) is 2. The number of hydrogen-bond donors (Lipinski definition) is 1. The zero-order chi connectivity index (χ0) is 27.6. The molecular formula is C37H28N2OSi. The summed E-state index contributed by atoms with van der Waals surface area (Å²) < 4.78 is 2.03. The standard InChI is InChI=1S/C37H28N2OSi/c40-30-15-11-14-29(26-30)39-27-38-37-35(23-12-24-36(37)39)28-13-10-22-34(25-28)41(31-16-4-1-5-17-31,32-18-6-2-7-19-32)33-20-8-3-9-21-33/h1-27,40H. The molecule has 0 atom stereocenters. The molecule has 41 heavy (non-hydrogen) atoms. The first-order chi connectivity index (χ1) is 20.2. The molecule has 0 saturated carbocycles. The van der Waals surface area contributed by atoms with Crippen molar-refractivity contribution in [1.29, 1.82) is 0 Å². The molecule has 6 aromatic carbocycles. The summed E-state index contributed by atoms with van der Waals surface area (Å²) in [6, 6.07) is 55.6. The van der Waals surface area contributed by atoms with E-state index >= 15 is 0 Å². The summed E-state index contributed by atoms with van der Waals surface area (Å²) in [5, 5.41) is 15.4. The molecule has 1 N–H and O–H groups in total. The van der Waals surface area contributed by atoms with Crippen LogP contribution >= 0.6 is 0 Å². The molecule has 0 unspecified atom stereocenters. The van der Waals surface area contributed by atoms with Gasteiger partial charge in [0.25, 0.3) is 0 Å². The summed E-state index contributed by atoms with van der Waals surface area (Å²) in [7, 11) is -2.64. The van der Waals surface area contributed by atoms with Gasteiger partial charge in [0.05, 0.1) is 16.7 Å². The third-order valence-electron chi connectivity index (χ3n) is 7.91. The second kappa shape index (κ2) is 10.4. The maximum Gasteiger partial charge on any atom is 0.179 e. The molecule has 0 aliphatic heterocycles. The number of aromatic nitrogens is 2. The Morgan fingerprint density at radius 1 is 0.512 bits per heavy atom. The van der Waals surface area contributed by atoms with Gasteiger partial charge in [0.1, 0.15) is 12.1 Å². The quantitative estimate of drug-likeness (QED) is 0.213. The van der Waals surface area contributed by atoms with E-state index in [1.807, 2.05) is 23.0 Å². The molecule has 7 aromatic rings. The molecule has 0 bridgehead atoms. The smallest absolute Gasteiger partial charge is 0.179 e. The topological polar surface area (TPSA) is 38.0 Å². The fourth-order valence-electron chi connectivity index (χ4n) is 6.11. The second-order valence-corrected chi connectivity index (χ2v) is 14.0. The van der Waals surface area contributed by atoms with Crippen molar-refractivity contribution in [2.75, 3.05) is 0 Å². The fourth-order valence-corrected chi connectivity index (χ4v) is 10.9. The third-order valence-corrected chi connectivity index (χ3v) is 12.7. The van der Waals surface area contributed by atoms with E-state index in [9.17, 15) is 5.11 Å². The summed E-state index contributed by atoms with van der Waals surface area (Å²) in [5.74, 6) is 0.234. The molecule has 196 valence electrons. The van der Waals surface area contributed by atoms with Crippen molar-refractivity contribution < 1.29 is 5.11 Å². The van der Waals surface area contributed by atoms with E-state index in [2.05, 4.69) is 133 Å². The highest BCUT2D eigenvalue weighted by atomic mass is 28.3. The highest BCUT2D eigenvalue weighted by Gasteiger charge is 2.41. The number of para-hydroxylation sites is 1. The summed E-state index contributed by atoms with van der Waals surface area (Å²) in [6.07, 6.45) is 1.84. The Kier molecular flexibility index (Phi) is 6.30. The monoisotopic (exact) mass is 544 g/mol. The van der Waals surface area contributed by atoms with E-state index in [0.717, 1.165) is 27.8 Å². The molecule has 0 saturated heterocycles. The zero-order valence-corrected chi connectivity index (χ0v) is 23.4. The first-order valence-electron chi connectivity index (χ1n) is 13.8. The Balaban J connectivity index is 1.47. The largest absolute Gasteiger partial charge is 0.508 e. The van der Waals surface area contributed by atoms with Gasteiger partial charge in [-0.15, -0.1) is 0 Å². The van der Waals surface area contributed by atoms with E-state index in [-0.39, 0.29) is 5.75 Å². The lowest BCUT2D eigenvalue weighted by Gasteiger charge is -2.34. The van der Waals surface area contributed by atoms with Crippen LogP contribution in [-0.4, -0.2) is 22.7 Å². The van der Waals surface area contributed by atoms with Gasteiger partial charge in [-0.25, -0.2) is 4.98 Å². The van der Waals surface area contributed by atoms with Crippen molar-refractivity contribution in [3.8, 4) is 22.6 Å². The predicted molar refractivity (Wildman–Crippen MR) is 172 cm³/mol. The molecule has 0 amide bonds. The number of aromatic hydroxyl groups is 1. The summed E-state index contributed by atoms with van der Waals surface area (Å²) >= 11 is 0. The van der Waals surface area contributed by atoms with E-state index < -0.39 is 8.07 Å². The highest BCUT2D eigenvalue weighted by molar-refractivity contribution is 7.19. The molecule has 3 nitrogen and oxygen atoms in total. The fraction of sp³-hybridized carbons (Fsp3) is 0. The molecule has 1 aromatic heterocycles. The SMILES string of the molecule is Oc1cccc(-n2cnc3c(-c4cccc([Si](c5ccccc5)(c5ccccc5)c5ccccc5)c4)cccc32)c1. The second-order valence-electron chi connectivity index (χ2n) is 10.2. The molecule has 0 fully saturated rings. The maximum absolute atomic E-state index is 10.1. The molecular weight excluding hydrogens is 517 g/mol. The van der Waals surface area contributed by atoms with Crippen LogP contribution < -0.4 is 20.7 Å². The van der Waals surface area contributed by atoms with Crippen molar-refractivity contribution in [1.82, 2.24) is 9.55 Å². The number of phenols is 1. The van der Waals surface area contributed by atoms with Crippen LogP contribution in [0.1, 0.15) is 0 Å². The van der Waals surface area contributed by atoms with Gasteiger partial charge in [-0.3, -0.25) is 4.57 Å². The summed E-state index contributed by atoms with van der Waals surface area (Å²) in [4.78, 5) is 4.86. The average Bonchev–Trinajstić information content (AvgIpc) is 3.48. The van der Waals surface area contributed by atoms with Crippen LogP contribution in [0.25, 0.3) is 27.8 Å². The zero-order valence-electron chi connectivity index (χ0n) is 22.4. The van der Waals surface area contributed by atoms with Crippen molar-refractivity contribution in [2.24, 2.45) is 0 Å². The molecule has 0 aliphatic rings. The van der Waals surface area contributed by atoms with Crippen molar-refractivity contribution in [3.63, 3.8) is 0 Å². The van der Waals surface area contributed by atoms with Crippen LogP contribution in [0.15, 0.2) is 164 Å². The van der Waals surface area contributed by atoms with Gasteiger partial charge >= 0.3 is 0 Å². The van der Waals surface area contributed by atoms with E-state index in [4.69, 9.17) is 4.98 Å². The highest BCUT2D eigenvalue weighted by Crippen LogP contribution is 2.30. The Morgan fingerprint density at radius 3 is 1.68 bits per heavy atom. The number of nitrogens with zero attached hydrogens (tertiary/aromatic N) is 2. The van der Waals surface area contributed by atoms with E-state index in [1.165, 1.54) is 20.7 Å². The Morgan fingerprint density at radius 2 is 1.07 bits per heavy atom. The van der Waals surface area contributed by atoms with Gasteiger partial charge in [0.2, 0.25) is 0 Å². The number of rotatable bonds is 6. The number of imidazole rings is 1. The minimum Gasteiger partial charge on any atom is -0.508 e. The lowest BCUT2D eigenvalue weighted by atomic mass is 10.0. The molecule has 7 rings (SSSR count). The molecule has 0 radical (unpaired) electrons. The van der Waals surface area contributed by atoms with Crippen molar-refractivity contribution in [2.45, 2.75) is 0 Å². The first-order valence-corrected chi connectivity index (χ1v) is 15.8. The van der Waals surface area contributed by atoms with Gasteiger partial charge in [0, 0.05) is 11.6 Å². The van der Waals surface area contributed by atoms with Gasteiger partial charge in [-0.1, -0.05) is 133 Å². The Bertz CT molecular complexity index is 1850. The van der Waals surface area contributed by atoms with Crippen LogP contribution in [0.2, 0.25) is 0 Å². The van der Waals surface area contributed by atoms with Crippen LogP contribution in [0.5, 0.6) is 5.75 Å². The van der Waals surface area contributed by atoms with E-state index in [0.29, 0.717) is 0 Å².